The van der Waals surface area contributed by atoms with Crippen LogP contribution in [0.1, 0.15) is 36.8 Å². The Morgan fingerprint density at radius 3 is 2.59 bits per heavy atom. The molecule has 2 aromatic carbocycles. The summed E-state index contributed by atoms with van der Waals surface area (Å²) in [6.07, 6.45) is 0. The van der Waals surface area contributed by atoms with E-state index in [0.717, 1.165) is 28.2 Å². The molecular formula is C19H22N2O. The maximum absolute atomic E-state index is 6.01. The Hall–Kier alpha value is -2.29. The van der Waals surface area contributed by atoms with Crippen molar-refractivity contribution in [2.45, 2.75) is 40.3 Å². The largest absolute Gasteiger partial charge is 0.485 e. The summed E-state index contributed by atoms with van der Waals surface area (Å²) in [7, 11) is 0. The molecule has 0 aliphatic heterocycles. The fraction of sp³-hybridized carbons (Fsp3) is 0.316. The number of ether oxygens (including phenoxy) is 1. The Kier molecular flexibility index (Phi) is 3.88. The van der Waals surface area contributed by atoms with Crippen molar-refractivity contribution in [3.8, 4) is 5.75 Å². The number of hydrogen-bond donors (Lipinski definition) is 0. The second kappa shape index (κ2) is 5.84. The van der Waals surface area contributed by atoms with Crippen LogP contribution in [0.25, 0.3) is 11.0 Å². The smallest absolute Gasteiger partial charge is 0.148 e. The first-order chi connectivity index (χ1) is 10.6. The van der Waals surface area contributed by atoms with Gasteiger partial charge in [-0.05, 0) is 51.5 Å². The Balaban J connectivity index is 1.92. The molecule has 3 nitrogen and oxygen atoms in total. The molecule has 0 aliphatic carbocycles. The predicted molar refractivity (Wildman–Crippen MR) is 90.4 cm³/mol. The number of imidazole rings is 1. The van der Waals surface area contributed by atoms with E-state index >= 15 is 0 Å². The van der Waals surface area contributed by atoms with Crippen molar-refractivity contribution >= 4 is 11.0 Å². The summed E-state index contributed by atoms with van der Waals surface area (Å²) < 4.78 is 8.26. The highest BCUT2D eigenvalue weighted by Crippen LogP contribution is 2.24. The van der Waals surface area contributed by atoms with Crippen LogP contribution >= 0.6 is 0 Å². The van der Waals surface area contributed by atoms with Crippen LogP contribution in [0.15, 0.2) is 42.5 Å². The van der Waals surface area contributed by atoms with Crippen LogP contribution in [0, 0.1) is 13.8 Å². The van der Waals surface area contributed by atoms with Gasteiger partial charge in [0.2, 0.25) is 0 Å². The highest BCUT2D eigenvalue weighted by atomic mass is 16.5. The summed E-state index contributed by atoms with van der Waals surface area (Å²) in [5.74, 6) is 1.89. The minimum Gasteiger partial charge on any atom is -0.485 e. The van der Waals surface area contributed by atoms with Crippen LogP contribution in [-0.2, 0) is 6.61 Å². The molecule has 0 radical (unpaired) electrons. The Morgan fingerprint density at radius 2 is 1.86 bits per heavy atom. The van der Waals surface area contributed by atoms with Gasteiger partial charge in [-0.3, -0.25) is 0 Å². The zero-order valence-corrected chi connectivity index (χ0v) is 13.6. The van der Waals surface area contributed by atoms with E-state index in [9.17, 15) is 0 Å². The minimum absolute atomic E-state index is 0.352. The number of hydrogen-bond acceptors (Lipinski definition) is 2. The zero-order valence-electron chi connectivity index (χ0n) is 13.6. The molecule has 22 heavy (non-hydrogen) atoms. The summed E-state index contributed by atoms with van der Waals surface area (Å²) in [5, 5.41) is 0. The Bertz CT molecular complexity index is 802. The quantitative estimate of drug-likeness (QED) is 0.690. The number of rotatable bonds is 4. The molecule has 0 fully saturated rings. The van der Waals surface area contributed by atoms with E-state index in [1.165, 1.54) is 5.56 Å². The highest BCUT2D eigenvalue weighted by molar-refractivity contribution is 5.76. The van der Waals surface area contributed by atoms with Gasteiger partial charge in [0.1, 0.15) is 18.2 Å². The fourth-order valence-electron chi connectivity index (χ4n) is 2.88. The second-order valence-corrected chi connectivity index (χ2v) is 6.04. The lowest BCUT2D eigenvalue weighted by Gasteiger charge is -2.14. The lowest BCUT2D eigenvalue weighted by molar-refractivity contribution is 0.285. The van der Waals surface area contributed by atoms with Crippen LogP contribution in [-0.4, -0.2) is 9.55 Å². The predicted octanol–water partition coefficient (Wildman–Crippen LogP) is 4.81. The van der Waals surface area contributed by atoms with Gasteiger partial charge in [0.25, 0.3) is 0 Å². The first kappa shape index (κ1) is 14.6. The molecule has 0 spiro atoms. The van der Waals surface area contributed by atoms with Gasteiger partial charge in [0.15, 0.2) is 0 Å². The van der Waals surface area contributed by atoms with Crippen LogP contribution in [0.2, 0.25) is 0 Å². The van der Waals surface area contributed by atoms with Crippen molar-refractivity contribution in [1.29, 1.82) is 0 Å². The summed E-state index contributed by atoms with van der Waals surface area (Å²) >= 11 is 0. The van der Waals surface area contributed by atoms with Crippen LogP contribution in [0.4, 0.5) is 0 Å². The summed E-state index contributed by atoms with van der Waals surface area (Å²) in [5.41, 5.74) is 4.60. The van der Waals surface area contributed by atoms with Crippen LogP contribution in [0.5, 0.6) is 5.75 Å². The second-order valence-electron chi connectivity index (χ2n) is 6.04. The minimum atomic E-state index is 0.352. The third kappa shape index (κ3) is 2.71. The van der Waals surface area contributed by atoms with Gasteiger partial charge in [-0.2, -0.15) is 0 Å². The van der Waals surface area contributed by atoms with Gasteiger partial charge >= 0.3 is 0 Å². The SMILES string of the molecule is Cc1ccc(OCc2nc3ccccc3n2C(C)C)c(C)c1. The molecule has 0 amide bonds. The molecule has 1 aromatic heterocycles. The molecule has 0 unspecified atom stereocenters. The van der Waals surface area contributed by atoms with Crippen molar-refractivity contribution in [2.75, 3.05) is 0 Å². The van der Waals surface area contributed by atoms with Gasteiger partial charge in [-0.25, -0.2) is 4.98 Å². The summed E-state index contributed by atoms with van der Waals surface area (Å²) in [6, 6.07) is 14.8. The topological polar surface area (TPSA) is 27.1 Å². The average molecular weight is 294 g/mol. The van der Waals surface area contributed by atoms with Crippen molar-refractivity contribution in [1.82, 2.24) is 9.55 Å². The molecule has 1 heterocycles. The van der Waals surface area contributed by atoms with Crippen molar-refractivity contribution in [2.24, 2.45) is 0 Å². The molecule has 0 atom stereocenters. The van der Waals surface area contributed by atoms with Crippen molar-refractivity contribution in [3.05, 3.63) is 59.4 Å². The van der Waals surface area contributed by atoms with E-state index < -0.39 is 0 Å². The first-order valence-corrected chi connectivity index (χ1v) is 7.72. The van der Waals surface area contributed by atoms with E-state index in [0.29, 0.717) is 12.6 Å². The Labute approximate surface area is 131 Å². The van der Waals surface area contributed by atoms with Crippen molar-refractivity contribution in [3.63, 3.8) is 0 Å². The lowest BCUT2D eigenvalue weighted by Crippen LogP contribution is -2.09. The normalized spacial score (nSPS) is 11.3. The molecule has 0 saturated heterocycles. The van der Waals surface area contributed by atoms with Crippen molar-refractivity contribution < 1.29 is 4.74 Å². The molecule has 3 heteroatoms. The van der Waals surface area contributed by atoms with Gasteiger partial charge in [0.05, 0.1) is 11.0 Å². The van der Waals surface area contributed by atoms with E-state index in [1.54, 1.807) is 0 Å². The van der Waals surface area contributed by atoms with E-state index in [1.807, 2.05) is 12.1 Å². The summed E-state index contributed by atoms with van der Waals surface area (Å²) in [4.78, 5) is 4.73. The molecule has 0 N–H and O–H groups in total. The monoisotopic (exact) mass is 294 g/mol. The molecular weight excluding hydrogens is 272 g/mol. The van der Waals surface area contributed by atoms with Gasteiger partial charge in [0, 0.05) is 6.04 Å². The van der Waals surface area contributed by atoms with Gasteiger partial charge < -0.3 is 9.30 Å². The highest BCUT2D eigenvalue weighted by Gasteiger charge is 2.13. The number of aromatic nitrogens is 2. The third-order valence-corrected chi connectivity index (χ3v) is 3.87. The molecule has 0 aliphatic rings. The van der Waals surface area contributed by atoms with Gasteiger partial charge in [-0.15, -0.1) is 0 Å². The third-order valence-electron chi connectivity index (χ3n) is 3.87. The zero-order chi connectivity index (χ0) is 15.7. The average Bonchev–Trinajstić information content (AvgIpc) is 2.84. The number of aryl methyl sites for hydroxylation is 2. The Morgan fingerprint density at radius 1 is 1.09 bits per heavy atom. The number of benzene rings is 2. The standard InChI is InChI=1S/C19H22N2O/c1-13(2)21-17-8-6-5-7-16(17)20-19(21)12-22-18-10-9-14(3)11-15(18)4/h5-11,13H,12H2,1-4H3. The van der Waals surface area contributed by atoms with E-state index in [-0.39, 0.29) is 0 Å². The molecule has 3 aromatic rings. The molecule has 114 valence electrons. The van der Waals surface area contributed by atoms with Gasteiger partial charge in [-0.1, -0.05) is 29.8 Å². The first-order valence-electron chi connectivity index (χ1n) is 7.72. The van der Waals surface area contributed by atoms with Crippen LogP contribution in [0.3, 0.4) is 0 Å². The number of nitrogens with zero attached hydrogens (tertiary/aromatic N) is 2. The number of para-hydroxylation sites is 2. The van der Waals surface area contributed by atoms with Crippen LogP contribution < -0.4 is 4.74 Å². The molecule has 3 rings (SSSR count). The maximum Gasteiger partial charge on any atom is 0.148 e. The number of fused-ring (bicyclic) bond motifs is 1. The molecule has 0 saturated carbocycles. The lowest BCUT2D eigenvalue weighted by atomic mass is 10.1. The maximum atomic E-state index is 6.01. The summed E-state index contributed by atoms with van der Waals surface area (Å²) in [6.45, 7) is 9.00. The molecule has 0 bridgehead atoms. The van der Waals surface area contributed by atoms with E-state index in [4.69, 9.17) is 9.72 Å². The van der Waals surface area contributed by atoms with E-state index in [2.05, 4.69) is 62.6 Å². The fourth-order valence-corrected chi connectivity index (χ4v) is 2.88.